The van der Waals surface area contributed by atoms with Gasteiger partial charge in [-0.2, -0.15) is 0 Å². The van der Waals surface area contributed by atoms with Crippen LogP contribution in [0.4, 0.5) is 0 Å². The smallest absolute Gasteiger partial charge is 0.183 e. The Kier molecular flexibility index (Phi) is 3.57. The minimum atomic E-state index is 0.134. The molecular formula is C14H10N2OS2. The fourth-order valence-corrected chi connectivity index (χ4v) is 3.35. The summed E-state index contributed by atoms with van der Waals surface area (Å²) in [6.45, 7) is 0. The predicted molar refractivity (Wildman–Crippen MR) is 78.9 cm³/mol. The first kappa shape index (κ1) is 12.3. The van der Waals surface area contributed by atoms with Crippen molar-refractivity contribution in [2.75, 3.05) is 5.75 Å². The monoisotopic (exact) mass is 286 g/mol. The SMILES string of the molecule is O=C(CSc1nccc2cccnc12)c1cccs1. The summed E-state index contributed by atoms with van der Waals surface area (Å²) >= 11 is 2.91. The molecule has 3 nitrogen and oxygen atoms in total. The van der Waals surface area contributed by atoms with Gasteiger partial charge in [-0.3, -0.25) is 9.78 Å². The Morgan fingerprint density at radius 3 is 2.95 bits per heavy atom. The number of carbonyl (C=O) groups is 1. The molecule has 0 aliphatic carbocycles. The van der Waals surface area contributed by atoms with Gasteiger partial charge < -0.3 is 0 Å². The molecule has 5 heteroatoms. The van der Waals surface area contributed by atoms with Crippen molar-refractivity contribution in [1.82, 2.24) is 9.97 Å². The lowest BCUT2D eigenvalue weighted by Crippen LogP contribution is -2.00. The van der Waals surface area contributed by atoms with Crippen LogP contribution in [0.2, 0.25) is 0 Å². The molecule has 0 aliphatic heterocycles. The van der Waals surface area contributed by atoms with E-state index in [1.165, 1.54) is 23.1 Å². The third kappa shape index (κ3) is 2.67. The van der Waals surface area contributed by atoms with Crippen LogP contribution in [0.5, 0.6) is 0 Å². The average Bonchev–Trinajstić information content (AvgIpc) is 2.99. The number of hydrogen-bond donors (Lipinski definition) is 0. The van der Waals surface area contributed by atoms with Gasteiger partial charge in [-0.1, -0.05) is 23.9 Å². The second-order valence-corrected chi connectivity index (χ2v) is 5.79. The van der Waals surface area contributed by atoms with E-state index in [9.17, 15) is 4.79 Å². The van der Waals surface area contributed by atoms with Crippen molar-refractivity contribution in [3.05, 3.63) is 53.0 Å². The number of ketones is 1. The zero-order valence-corrected chi connectivity index (χ0v) is 11.6. The van der Waals surface area contributed by atoms with Crippen molar-refractivity contribution >= 4 is 39.8 Å². The van der Waals surface area contributed by atoms with Crippen molar-refractivity contribution in [1.29, 1.82) is 0 Å². The molecule has 0 fully saturated rings. The summed E-state index contributed by atoms with van der Waals surface area (Å²) in [6.07, 6.45) is 3.50. The topological polar surface area (TPSA) is 42.9 Å². The van der Waals surface area contributed by atoms with E-state index in [1.54, 1.807) is 12.4 Å². The second-order valence-electron chi connectivity index (χ2n) is 3.88. The number of thiophene rings is 1. The summed E-state index contributed by atoms with van der Waals surface area (Å²) < 4.78 is 0. The van der Waals surface area contributed by atoms with Gasteiger partial charge in [-0.15, -0.1) is 11.3 Å². The second kappa shape index (κ2) is 5.50. The van der Waals surface area contributed by atoms with E-state index in [1.807, 2.05) is 35.7 Å². The van der Waals surface area contributed by atoms with E-state index in [2.05, 4.69) is 9.97 Å². The van der Waals surface area contributed by atoms with Gasteiger partial charge in [-0.25, -0.2) is 4.98 Å². The van der Waals surface area contributed by atoms with E-state index in [4.69, 9.17) is 0 Å². The van der Waals surface area contributed by atoms with Crippen molar-refractivity contribution in [2.24, 2.45) is 0 Å². The first-order valence-corrected chi connectivity index (χ1v) is 7.60. The summed E-state index contributed by atoms with van der Waals surface area (Å²) in [4.78, 5) is 21.4. The standard InChI is InChI=1S/C14H10N2OS2/c17-11(12-4-2-8-18-12)9-19-14-13-10(5-7-16-14)3-1-6-15-13/h1-8H,9H2. The Balaban J connectivity index is 1.81. The maximum atomic E-state index is 12.0. The molecule has 0 bridgehead atoms. The molecule has 0 unspecified atom stereocenters. The van der Waals surface area contributed by atoms with E-state index < -0.39 is 0 Å². The largest absolute Gasteiger partial charge is 0.292 e. The zero-order valence-electron chi connectivity index (χ0n) is 9.95. The third-order valence-electron chi connectivity index (χ3n) is 2.62. The predicted octanol–water partition coefficient (Wildman–Crippen LogP) is 3.67. The summed E-state index contributed by atoms with van der Waals surface area (Å²) in [5, 5.41) is 3.77. The van der Waals surface area contributed by atoms with E-state index in [-0.39, 0.29) is 5.78 Å². The Hall–Kier alpha value is -1.72. The van der Waals surface area contributed by atoms with Gasteiger partial charge in [0, 0.05) is 17.8 Å². The Morgan fingerprint density at radius 2 is 2.11 bits per heavy atom. The highest BCUT2D eigenvalue weighted by atomic mass is 32.2. The van der Waals surface area contributed by atoms with Gasteiger partial charge in [-0.05, 0) is 23.6 Å². The molecule has 3 aromatic heterocycles. The third-order valence-corrected chi connectivity index (χ3v) is 4.51. The minimum absolute atomic E-state index is 0.134. The van der Waals surface area contributed by atoms with Crippen LogP contribution in [0.15, 0.2) is 53.1 Å². The van der Waals surface area contributed by atoms with Gasteiger partial charge >= 0.3 is 0 Å². The number of carbonyl (C=O) groups excluding carboxylic acids is 1. The quantitative estimate of drug-likeness (QED) is 0.542. The lowest BCUT2D eigenvalue weighted by Gasteiger charge is -2.03. The summed E-state index contributed by atoms with van der Waals surface area (Å²) in [5.41, 5.74) is 0.856. The molecule has 0 atom stereocenters. The van der Waals surface area contributed by atoms with Gasteiger partial charge in [0.05, 0.1) is 10.6 Å². The number of fused-ring (bicyclic) bond motifs is 1. The molecule has 0 aliphatic rings. The van der Waals surface area contributed by atoms with Gasteiger partial charge in [0.1, 0.15) is 10.5 Å². The van der Waals surface area contributed by atoms with Gasteiger partial charge in [0.2, 0.25) is 0 Å². The normalized spacial score (nSPS) is 10.7. The van der Waals surface area contributed by atoms with Crippen LogP contribution in [-0.2, 0) is 0 Å². The number of nitrogens with zero attached hydrogens (tertiary/aromatic N) is 2. The molecule has 3 rings (SSSR count). The molecule has 0 saturated heterocycles. The van der Waals surface area contributed by atoms with Crippen LogP contribution >= 0.6 is 23.1 Å². The molecule has 0 aromatic carbocycles. The van der Waals surface area contributed by atoms with Gasteiger partial charge in [0.15, 0.2) is 5.78 Å². The fraction of sp³-hybridized carbons (Fsp3) is 0.0714. The highest BCUT2D eigenvalue weighted by Crippen LogP contribution is 2.24. The van der Waals surface area contributed by atoms with Crippen molar-refractivity contribution in [2.45, 2.75) is 5.03 Å². The summed E-state index contributed by atoms with van der Waals surface area (Å²) in [5.74, 6) is 0.526. The Bertz CT molecular complexity index is 705. The van der Waals surface area contributed by atoms with Crippen LogP contribution in [0.3, 0.4) is 0 Å². The molecule has 0 radical (unpaired) electrons. The highest BCUT2D eigenvalue weighted by Gasteiger charge is 2.10. The lowest BCUT2D eigenvalue weighted by molar-refractivity contribution is 0.102. The first-order chi connectivity index (χ1) is 9.34. The fourth-order valence-electron chi connectivity index (χ4n) is 1.73. The zero-order chi connectivity index (χ0) is 13.1. The number of Topliss-reactive ketones (excluding diaryl/α,β-unsaturated/α-hetero) is 1. The van der Waals surface area contributed by atoms with E-state index in [0.29, 0.717) is 5.75 Å². The van der Waals surface area contributed by atoms with E-state index >= 15 is 0 Å². The van der Waals surface area contributed by atoms with Crippen LogP contribution in [0.25, 0.3) is 10.9 Å². The van der Waals surface area contributed by atoms with Crippen molar-refractivity contribution in [3.8, 4) is 0 Å². The lowest BCUT2D eigenvalue weighted by atomic mass is 10.3. The van der Waals surface area contributed by atoms with Gasteiger partial charge in [0.25, 0.3) is 0 Å². The molecule has 0 spiro atoms. The van der Waals surface area contributed by atoms with Crippen molar-refractivity contribution < 1.29 is 4.79 Å². The number of hydrogen-bond acceptors (Lipinski definition) is 5. The first-order valence-electron chi connectivity index (χ1n) is 5.74. The minimum Gasteiger partial charge on any atom is -0.292 e. The molecule has 0 N–H and O–H groups in total. The molecular weight excluding hydrogens is 276 g/mol. The molecule has 0 saturated carbocycles. The average molecular weight is 286 g/mol. The number of aromatic nitrogens is 2. The summed E-state index contributed by atoms with van der Waals surface area (Å²) in [6, 6.07) is 9.55. The van der Waals surface area contributed by atoms with Crippen LogP contribution in [-0.4, -0.2) is 21.5 Å². The summed E-state index contributed by atoms with van der Waals surface area (Å²) in [7, 11) is 0. The van der Waals surface area contributed by atoms with Crippen LogP contribution < -0.4 is 0 Å². The van der Waals surface area contributed by atoms with Crippen LogP contribution in [0, 0.1) is 0 Å². The van der Waals surface area contributed by atoms with Crippen molar-refractivity contribution in [3.63, 3.8) is 0 Å². The maximum Gasteiger partial charge on any atom is 0.183 e. The molecule has 0 amide bonds. The Morgan fingerprint density at radius 1 is 1.16 bits per heavy atom. The maximum absolute atomic E-state index is 12.0. The van der Waals surface area contributed by atoms with E-state index in [0.717, 1.165) is 20.8 Å². The Labute approximate surface area is 118 Å². The number of pyridine rings is 2. The molecule has 94 valence electrons. The molecule has 19 heavy (non-hydrogen) atoms. The van der Waals surface area contributed by atoms with Crippen LogP contribution in [0.1, 0.15) is 9.67 Å². The number of rotatable bonds is 4. The highest BCUT2D eigenvalue weighted by molar-refractivity contribution is 8.00. The molecule has 3 heterocycles. The molecule has 3 aromatic rings. The number of thioether (sulfide) groups is 1.